The van der Waals surface area contributed by atoms with E-state index in [1.807, 2.05) is 17.0 Å². The molecule has 1 aromatic carbocycles. The zero-order valence-electron chi connectivity index (χ0n) is 14.7. The van der Waals surface area contributed by atoms with Gasteiger partial charge in [0.25, 0.3) is 5.91 Å². The Balaban J connectivity index is 0.00000264. The van der Waals surface area contributed by atoms with Gasteiger partial charge in [0.15, 0.2) is 0 Å². The minimum Gasteiger partial charge on any atom is -0.372 e. The molecule has 138 valence electrons. The summed E-state index contributed by atoms with van der Waals surface area (Å²) in [5, 5.41) is 0. The number of piperidine rings is 1. The van der Waals surface area contributed by atoms with E-state index in [0.717, 1.165) is 44.6 Å². The molecule has 1 aromatic rings. The van der Waals surface area contributed by atoms with Crippen LogP contribution in [-0.2, 0) is 0 Å². The number of unbranched alkanes of at least 4 members (excludes halogenated alkanes) is 1. The molecule has 2 N–H and O–H groups in total. The number of rotatable bonds is 6. The minimum absolute atomic E-state index is 0. The van der Waals surface area contributed by atoms with Gasteiger partial charge in [-0.05, 0) is 50.5 Å². The molecule has 0 radical (unpaired) electrons. The van der Waals surface area contributed by atoms with Gasteiger partial charge in [0, 0.05) is 43.5 Å². The highest BCUT2D eigenvalue weighted by Crippen LogP contribution is 2.18. The number of likely N-dealkylation sites (tertiary alicyclic amines) is 1. The number of anilines is 1. The van der Waals surface area contributed by atoms with Crippen LogP contribution in [0.2, 0.25) is 0 Å². The van der Waals surface area contributed by atoms with E-state index >= 15 is 0 Å². The first-order valence-corrected chi connectivity index (χ1v) is 8.55. The van der Waals surface area contributed by atoms with Crippen LogP contribution in [0.15, 0.2) is 24.3 Å². The van der Waals surface area contributed by atoms with Crippen molar-refractivity contribution in [2.24, 2.45) is 5.73 Å². The Morgan fingerprint density at radius 1 is 1.17 bits per heavy atom. The molecule has 0 bridgehead atoms. The molecule has 0 atom stereocenters. The molecule has 0 unspecified atom stereocenters. The lowest BCUT2D eigenvalue weighted by Crippen LogP contribution is -2.42. The molecular weight excluding hydrogens is 345 g/mol. The van der Waals surface area contributed by atoms with E-state index in [-0.39, 0.29) is 36.8 Å². The molecule has 0 saturated carbocycles. The third-order valence-corrected chi connectivity index (χ3v) is 4.47. The Morgan fingerprint density at radius 3 is 2.25 bits per heavy atom. The number of halogens is 2. The van der Waals surface area contributed by atoms with Gasteiger partial charge in [0.05, 0.1) is 0 Å². The van der Waals surface area contributed by atoms with E-state index in [9.17, 15) is 4.79 Å². The molecule has 1 amide bonds. The lowest BCUT2D eigenvalue weighted by Gasteiger charge is -2.30. The van der Waals surface area contributed by atoms with Gasteiger partial charge in [0.2, 0.25) is 0 Å². The predicted octanol–water partition coefficient (Wildman–Crippen LogP) is 3.72. The van der Waals surface area contributed by atoms with Gasteiger partial charge in [-0.15, -0.1) is 24.8 Å². The van der Waals surface area contributed by atoms with Gasteiger partial charge in [-0.3, -0.25) is 4.79 Å². The second kappa shape index (κ2) is 11.6. The van der Waals surface area contributed by atoms with Crippen molar-refractivity contribution in [1.29, 1.82) is 0 Å². The number of amides is 1. The average Bonchev–Trinajstić information content (AvgIpc) is 2.56. The van der Waals surface area contributed by atoms with E-state index in [2.05, 4.69) is 30.9 Å². The summed E-state index contributed by atoms with van der Waals surface area (Å²) >= 11 is 0. The summed E-state index contributed by atoms with van der Waals surface area (Å²) in [5.74, 6) is 0.134. The molecule has 1 heterocycles. The summed E-state index contributed by atoms with van der Waals surface area (Å²) in [6, 6.07) is 8.31. The maximum Gasteiger partial charge on any atom is 0.253 e. The van der Waals surface area contributed by atoms with E-state index in [0.29, 0.717) is 0 Å². The third-order valence-electron chi connectivity index (χ3n) is 4.47. The fourth-order valence-corrected chi connectivity index (χ4v) is 2.92. The van der Waals surface area contributed by atoms with Crippen molar-refractivity contribution in [1.82, 2.24) is 4.90 Å². The Kier molecular flexibility index (Phi) is 11.1. The van der Waals surface area contributed by atoms with Crippen molar-refractivity contribution in [2.75, 3.05) is 31.1 Å². The molecule has 1 aliphatic heterocycles. The lowest BCUT2D eigenvalue weighted by atomic mass is 10.0. The summed E-state index contributed by atoms with van der Waals surface area (Å²) in [6.07, 6.45) is 4.21. The average molecular weight is 376 g/mol. The number of nitrogens with zero attached hydrogens (tertiary/aromatic N) is 2. The van der Waals surface area contributed by atoms with E-state index in [1.54, 1.807) is 0 Å². The maximum atomic E-state index is 12.5. The molecule has 6 heteroatoms. The number of benzene rings is 1. The van der Waals surface area contributed by atoms with Crippen LogP contribution in [0.5, 0.6) is 0 Å². The lowest BCUT2D eigenvalue weighted by molar-refractivity contribution is 0.0715. The van der Waals surface area contributed by atoms with Crippen molar-refractivity contribution in [2.45, 2.75) is 45.6 Å². The first-order valence-electron chi connectivity index (χ1n) is 8.55. The molecule has 24 heavy (non-hydrogen) atoms. The number of carbonyl (C=O) groups is 1. The summed E-state index contributed by atoms with van der Waals surface area (Å²) in [4.78, 5) is 16.8. The van der Waals surface area contributed by atoms with Crippen molar-refractivity contribution in [3.8, 4) is 0 Å². The van der Waals surface area contributed by atoms with Crippen molar-refractivity contribution < 1.29 is 4.79 Å². The quantitative estimate of drug-likeness (QED) is 0.823. The SMILES string of the molecule is CCCCN(CC)c1ccc(C(=O)N2CCC(N)CC2)cc1.Cl.Cl. The van der Waals surface area contributed by atoms with Gasteiger partial charge in [0.1, 0.15) is 0 Å². The maximum absolute atomic E-state index is 12.5. The molecule has 0 aromatic heterocycles. The van der Waals surface area contributed by atoms with Crippen LogP contribution >= 0.6 is 24.8 Å². The Bertz CT molecular complexity index is 474. The molecule has 1 aliphatic rings. The Morgan fingerprint density at radius 2 is 1.75 bits per heavy atom. The summed E-state index contributed by atoms with van der Waals surface area (Å²) in [5.41, 5.74) is 7.89. The number of nitrogens with two attached hydrogens (primary N) is 1. The number of hydrogen-bond donors (Lipinski definition) is 1. The van der Waals surface area contributed by atoms with Crippen LogP contribution < -0.4 is 10.6 Å². The highest BCUT2D eigenvalue weighted by atomic mass is 35.5. The van der Waals surface area contributed by atoms with Crippen molar-refractivity contribution in [3.63, 3.8) is 0 Å². The van der Waals surface area contributed by atoms with Crippen LogP contribution in [0.4, 0.5) is 5.69 Å². The predicted molar refractivity (Wildman–Crippen MR) is 107 cm³/mol. The second-order valence-electron chi connectivity index (χ2n) is 6.11. The largest absolute Gasteiger partial charge is 0.372 e. The molecule has 0 aliphatic carbocycles. The van der Waals surface area contributed by atoms with Crippen molar-refractivity contribution >= 4 is 36.4 Å². The first-order chi connectivity index (χ1) is 10.7. The molecule has 1 saturated heterocycles. The van der Waals surface area contributed by atoms with Gasteiger partial charge >= 0.3 is 0 Å². The fraction of sp³-hybridized carbons (Fsp3) is 0.611. The summed E-state index contributed by atoms with van der Waals surface area (Å²) < 4.78 is 0. The van der Waals surface area contributed by atoms with E-state index in [1.165, 1.54) is 18.5 Å². The fourth-order valence-electron chi connectivity index (χ4n) is 2.92. The zero-order chi connectivity index (χ0) is 15.9. The normalized spacial score (nSPS) is 14.5. The molecule has 4 nitrogen and oxygen atoms in total. The van der Waals surface area contributed by atoms with Crippen LogP contribution in [0.25, 0.3) is 0 Å². The Labute approximate surface area is 158 Å². The molecule has 2 rings (SSSR count). The van der Waals surface area contributed by atoms with E-state index < -0.39 is 0 Å². The number of hydrogen-bond acceptors (Lipinski definition) is 3. The highest BCUT2D eigenvalue weighted by molar-refractivity contribution is 5.94. The second-order valence-corrected chi connectivity index (χ2v) is 6.11. The van der Waals surface area contributed by atoms with E-state index in [4.69, 9.17) is 5.73 Å². The van der Waals surface area contributed by atoms with Gasteiger partial charge in [-0.2, -0.15) is 0 Å². The highest BCUT2D eigenvalue weighted by Gasteiger charge is 2.21. The van der Waals surface area contributed by atoms with Crippen molar-refractivity contribution in [3.05, 3.63) is 29.8 Å². The zero-order valence-corrected chi connectivity index (χ0v) is 16.4. The third kappa shape index (κ3) is 6.15. The van der Waals surface area contributed by atoms with Crippen LogP contribution in [0.3, 0.4) is 0 Å². The smallest absolute Gasteiger partial charge is 0.253 e. The monoisotopic (exact) mass is 375 g/mol. The summed E-state index contributed by atoms with van der Waals surface area (Å²) in [6.45, 7) is 8.01. The van der Waals surface area contributed by atoms with Crippen LogP contribution in [0, 0.1) is 0 Å². The standard InChI is InChI=1S/C18H29N3O.2ClH/c1-3-5-12-20(4-2)17-8-6-15(7-9-17)18(22)21-13-10-16(19)11-14-21;;/h6-9,16H,3-5,10-14,19H2,1-2H3;2*1H. The van der Waals surface area contributed by atoms with Gasteiger partial charge in [-0.1, -0.05) is 13.3 Å². The molecular formula is C18H31Cl2N3O. The Hall–Kier alpha value is -0.970. The minimum atomic E-state index is 0. The summed E-state index contributed by atoms with van der Waals surface area (Å²) in [7, 11) is 0. The first kappa shape index (κ1) is 23.0. The van der Waals surface area contributed by atoms with Gasteiger partial charge < -0.3 is 15.5 Å². The van der Waals surface area contributed by atoms with Crippen LogP contribution in [0.1, 0.15) is 49.9 Å². The van der Waals surface area contributed by atoms with Gasteiger partial charge in [-0.25, -0.2) is 0 Å². The molecule has 1 fully saturated rings. The topological polar surface area (TPSA) is 49.6 Å². The number of carbonyl (C=O) groups excluding carboxylic acids is 1. The molecule has 0 spiro atoms. The van der Waals surface area contributed by atoms with Crippen LogP contribution in [-0.4, -0.2) is 43.0 Å².